The lowest BCUT2D eigenvalue weighted by Crippen LogP contribution is -2.34. The summed E-state index contributed by atoms with van der Waals surface area (Å²) in [5.74, 6) is 0. The number of aryl methyl sites for hydroxylation is 1. The zero-order valence-corrected chi connectivity index (χ0v) is 11.7. The summed E-state index contributed by atoms with van der Waals surface area (Å²) in [7, 11) is -2.03. The third kappa shape index (κ3) is 3.31. The van der Waals surface area contributed by atoms with Crippen LogP contribution in [-0.4, -0.2) is 25.0 Å². The van der Waals surface area contributed by atoms with Gasteiger partial charge in [0.25, 0.3) is 0 Å². The Labute approximate surface area is 109 Å². The van der Waals surface area contributed by atoms with Crippen molar-refractivity contribution in [2.75, 3.05) is 7.05 Å². The molecule has 0 saturated heterocycles. The number of sulfonamides is 1. The molecule has 0 saturated carbocycles. The van der Waals surface area contributed by atoms with Gasteiger partial charge >= 0.3 is 0 Å². The van der Waals surface area contributed by atoms with Crippen molar-refractivity contribution in [3.63, 3.8) is 0 Å². The van der Waals surface area contributed by atoms with Gasteiger partial charge in [0.1, 0.15) is 0 Å². The van der Waals surface area contributed by atoms with Gasteiger partial charge in [-0.25, -0.2) is 8.42 Å². The molecule has 0 bridgehead atoms. The van der Waals surface area contributed by atoms with Crippen molar-refractivity contribution < 1.29 is 8.42 Å². The van der Waals surface area contributed by atoms with E-state index in [1.165, 1.54) is 11.4 Å². The average Bonchev–Trinajstić information content (AvgIpc) is 2.33. The standard InChI is InChI=1S/C13H18N2O2S/c1-4-13(9-14)18(16,17)15(3)10-12-7-5-11(2)6-8-12/h5-8,13H,4,10H2,1-3H3. The van der Waals surface area contributed by atoms with Gasteiger partial charge in [0.15, 0.2) is 5.25 Å². The van der Waals surface area contributed by atoms with Crippen molar-refractivity contribution in [1.82, 2.24) is 4.31 Å². The molecule has 0 radical (unpaired) electrons. The predicted octanol–water partition coefficient (Wildman–Crippen LogP) is 2.06. The Kier molecular flexibility index (Phi) is 4.88. The molecule has 1 aromatic carbocycles. The van der Waals surface area contributed by atoms with Gasteiger partial charge in [0, 0.05) is 13.6 Å². The SMILES string of the molecule is CCC(C#N)S(=O)(=O)N(C)Cc1ccc(C)cc1. The lowest BCUT2D eigenvalue weighted by atomic mass is 10.1. The van der Waals surface area contributed by atoms with Crippen molar-refractivity contribution in [3.8, 4) is 6.07 Å². The molecule has 0 aliphatic heterocycles. The molecule has 4 nitrogen and oxygen atoms in total. The highest BCUT2D eigenvalue weighted by Gasteiger charge is 2.28. The maximum absolute atomic E-state index is 12.1. The summed E-state index contributed by atoms with van der Waals surface area (Å²) >= 11 is 0. The summed E-state index contributed by atoms with van der Waals surface area (Å²) < 4.78 is 25.4. The van der Waals surface area contributed by atoms with E-state index in [4.69, 9.17) is 5.26 Å². The number of hydrogen-bond acceptors (Lipinski definition) is 3. The molecule has 5 heteroatoms. The Morgan fingerprint density at radius 2 is 1.89 bits per heavy atom. The minimum atomic E-state index is -3.54. The fourth-order valence-electron chi connectivity index (χ4n) is 1.63. The number of nitriles is 1. The highest BCUT2D eigenvalue weighted by molar-refractivity contribution is 7.89. The van der Waals surface area contributed by atoms with Gasteiger partial charge in [-0.05, 0) is 18.9 Å². The summed E-state index contributed by atoms with van der Waals surface area (Å²) in [6, 6.07) is 9.52. The third-order valence-corrected chi connectivity index (χ3v) is 4.99. The first-order chi connectivity index (χ1) is 8.41. The minimum Gasteiger partial charge on any atom is -0.211 e. The van der Waals surface area contributed by atoms with Crippen LogP contribution in [0.25, 0.3) is 0 Å². The van der Waals surface area contributed by atoms with Crippen molar-refractivity contribution >= 4 is 10.0 Å². The van der Waals surface area contributed by atoms with Gasteiger partial charge in [-0.15, -0.1) is 0 Å². The van der Waals surface area contributed by atoms with E-state index < -0.39 is 15.3 Å². The molecular weight excluding hydrogens is 248 g/mol. The summed E-state index contributed by atoms with van der Waals surface area (Å²) in [6.45, 7) is 3.97. The molecule has 98 valence electrons. The van der Waals surface area contributed by atoms with Crippen LogP contribution in [-0.2, 0) is 16.6 Å². The van der Waals surface area contributed by atoms with Crippen LogP contribution >= 0.6 is 0 Å². The summed E-state index contributed by atoms with van der Waals surface area (Å²) in [6.07, 6.45) is 0.303. The maximum atomic E-state index is 12.1. The van der Waals surface area contributed by atoms with Crippen molar-refractivity contribution in [2.24, 2.45) is 0 Å². The lowest BCUT2D eigenvalue weighted by molar-refractivity contribution is 0.460. The number of benzene rings is 1. The maximum Gasteiger partial charge on any atom is 0.230 e. The second kappa shape index (κ2) is 5.98. The van der Waals surface area contributed by atoms with Gasteiger partial charge in [0.2, 0.25) is 10.0 Å². The molecule has 0 spiro atoms. The van der Waals surface area contributed by atoms with Gasteiger partial charge in [-0.2, -0.15) is 9.57 Å². The smallest absolute Gasteiger partial charge is 0.211 e. The average molecular weight is 266 g/mol. The number of rotatable bonds is 5. The van der Waals surface area contributed by atoms with Gasteiger partial charge in [-0.3, -0.25) is 0 Å². The Bertz CT molecular complexity index is 529. The molecule has 1 rings (SSSR count). The highest BCUT2D eigenvalue weighted by Crippen LogP contribution is 2.14. The van der Waals surface area contributed by atoms with E-state index in [1.807, 2.05) is 37.3 Å². The monoisotopic (exact) mass is 266 g/mol. The first-order valence-corrected chi connectivity index (χ1v) is 7.32. The summed E-state index contributed by atoms with van der Waals surface area (Å²) in [4.78, 5) is 0. The predicted molar refractivity (Wildman–Crippen MR) is 71.3 cm³/mol. The molecule has 0 heterocycles. The normalized spacial score (nSPS) is 13.3. The van der Waals surface area contributed by atoms with Crippen LogP contribution in [0.3, 0.4) is 0 Å². The molecule has 1 unspecified atom stereocenters. The van der Waals surface area contributed by atoms with Crippen LogP contribution in [0.15, 0.2) is 24.3 Å². The zero-order chi connectivity index (χ0) is 13.8. The fourth-order valence-corrected chi connectivity index (χ4v) is 2.94. The minimum absolute atomic E-state index is 0.292. The largest absolute Gasteiger partial charge is 0.230 e. The van der Waals surface area contributed by atoms with Crippen molar-refractivity contribution in [3.05, 3.63) is 35.4 Å². The molecule has 0 aliphatic carbocycles. The van der Waals surface area contributed by atoms with E-state index in [2.05, 4.69) is 0 Å². The molecule has 0 aliphatic rings. The third-order valence-electron chi connectivity index (χ3n) is 2.83. The quantitative estimate of drug-likeness (QED) is 0.819. The van der Waals surface area contributed by atoms with Gasteiger partial charge < -0.3 is 0 Å². The van der Waals surface area contributed by atoms with Gasteiger partial charge in [-0.1, -0.05) is 36.8 Å². The number of hydrogen-bond donors (Lipinski definition) is 0. The Balaban J connectivity index is 2.86. The second-order valence-corrected chi connectivity index (χ2v) is 6.53. The van der Waals surface area contributed by atoms with Crippen LogP contribution < -0.4 is 0 Å². The Morgan fingerprint density at radius 3 is 2.33 bits per heavy atom. The van der Waals surface area contributed by atoms with E-state index >= 15 is 0 Å². The molecule has 1 aromatic rings. The first kappa shape index (κ1) is 14.7. The molecule has 18 heavy (non-hydrogen) atoms. The highest BCUT2D eigenvalue weighted by atomic mass is 32.2. The Morgan fingerprint density at radius 1 is 1.33 bits per heavy atom. The van der Waals surface area contributed by atoms with E-state index in [9.17, 15) is 8.42 Å². The van der Waals surface area contributed by atoms with E-state index in [0.29, 0.717) is 13.0 Å². The molecule has 0 N–H and O–H groups in total. The zero-order valence-electron chi connectivity index (χ0n) is 10.9. The van der Waals surface area contributed by atoms with Crippen LogP contribution in [0.1, 0.15) is 24.5 Å². The van der Waals surface area contributed by atoms with Gasteiger partial charge in [0.05, 0.1) is 6.07 Å². The Hall–Kier alpha value is -1.38. The van der Waals surface area contributed by atoms with E-state index in [1.54, 1.807) is 6.92 Å². The molecule has 0 fully saturated rings. The molecule has 1 atom stereocenters. The number of nitrogens with zero attached hydrogens (tertiary/aromatic N) is 2. The first-order valence-electron chi connectivity index (χ1n) is 5.82. The molecule has 0 aromatic heterocycles. The van der Waals surface area contributed by atoms with Crippen LogP contribution in [0.4, 0.5) is 0 Å². The van der Waals surface area contributed by atoms with Crippen LogP contribution in [0, 0.1) is 18.3 Å². The lowest BCUT2D eigenvalue weighted by Gasteiger charge is -2.19. The topological polar surface area (TPSA) is 61.2 Å². The van der Waals surface area contributed by atoms with Crippen LogP contribution in [0.2, 0.25) is 0 Å². The van der Waals surface area contributed by atoms with E-state index in [-0.39, 0.29) is 0 Å². The summed E-state index contributed by atoms with van der Waals surface area (Å²) in [5.41, 5.74) is 2.05. The second-order valence-electron chi connectivity index (χ2n) is 4.31. The summed E-state index contributed by atoms with van der Waals surface area (Å²) in [5, 5.41) is 7.89. The fraction of sp³-hybridized carbons (Fsp3) is 0.462. The van der Waals surface area contributed by atoms with Crippen molar-refractivity contribution in [2.45, 2.75) is 32.1 Å². The molecular formula is C13H18N2O2S. The van der Waals surface area contributed by atoms with E-state index in [0.717, 1.165) is 11.1 Å². The molecule has 0 amide bonds. The van der Waals surface area contributed by atoms with Crippen molar-refractivity contribution in [1.29, 1.82) is 5.26 Å². The van der Waals surface area contributed by atoms with Crippen LogP contribution in [0.5, 0.6) is 0 Å².